The highest BCUT2D eigenvalue weighted by Gasteiger charge is 2.24. The predicted molar refractivity (Wildman–Crippen MR) is 29.0 cm³/mol. The summed E-state index contributed by atoms with van der Waals surface area (Å²) in [5.41, 5.74) is 2.65. The summed E-state index contributed by atoms with van der Waals surface area (Å²) in [6.07, 6.45) is 0. The fourth-order valence-electron chi connectivity index (χ4n) is 0.600. The zero-order valence-corrected chi connectivity index (χ0v) is 5.38. The molecule has 0 bridgehead atoms. The minimum atomic E-state index is 0.453. The van der Waals surface area contributed by atoms with Gasteiger partial charge in [-0.05, 0) is 13.8 Å². The van der Waals surface area contributed by atoms with Gasteiger partial charge in [-0.3, -0.25) is 0 Å². The van der Waals surface area contributed by atoms with Crippen LogP contribution in [-0.4, -0.2) is 23.4 Å². The number of nitrogens with one attached hydrogen (secondary N) is 1. The van der Waals surface area contributed by atoms with Crippen LogP contribution in [0.5, 0.6) is 0 Å². The van der Waals surface area contributed by atoms with E-state index < -0.39 is 0 Å². The van der Waals surface area contributed by atoms with Crippen LogP contribution in [0.3, 0.4) is 0 Å². The van der Waals surface area contributed by atoms with Crippen LogP contribution in [0.25, 0.3) is 0 Å². The molecular formula is C4H11N3O. The third-order valence-corrected chi connectivity index (χ3v) is 1.06. The van der Waals surface area contributed by atoms with E-state index in [2.05, 4.69) is 19.4 Å². The van der Waals surface area contributed by atoms with E-state index in [-0.39, 0.29) is 0 Å². The number of nitrogens with zero attached hydrogens (tertiary/aromatic N) is 2. The van der Waals surface area contributed by atoms with Crippen molar-refractivity contribution in [2.45, 2.75) is 19.9 Å². The van der Waals surface area contributed by atoms with E-state index in [1.165, 1.54) is 0 Å². The minimum absolute atomic E-state index is 0.453. The molecule has 0 atom stereocenters. The molecular weight excluding hydrogens is 106 g/mol. The molecule has 0 radical (unpaired) electrons. The topological polar surface area (TPSA) is 27.7 Å². The van der Waals surface area contributed by atoms with Gasteiger partial charge in [-0.15, -0.1) is 5.12 Å². The summed E-state index contributed by atoms with van der Waals surface area (Å²) in [7, 11) is 1.84. The zero-order valence-electron chi connectivity index (χ0n) is 5.38. The van der Waals surface area contributed by atoms with Crippen molar-refractivity contribution in [1.82, 2.24) is 15.9 Å². The van der Waals surface area contributed by atoms with Crippen molar-refractivity contribution in [3.8, 4) is 0 Å². The van der Waals surface area contributed by atoms with E-state index in [1.54, 1.807) is 5.17 Å². The first kappa shape index (κ1) is 5.97. The van der Waals surface area contributed by atoms with E-state index in [0.717, 1.165) is 0 Å². The van der Waals surface area contributed by atoms with Gasteiger partial charge in [-0.2, -0.15) is 4.94 Å². The van der Waals surface area contributed by atoms with E-state index in [9.17, 15) is 0 Å². The second kappa shape index (κ2) is 1.99. The molecule has 48 valence electrons. The first-order chi connectivity index (χ1) is 3.72. The van der Waals surface area contributed by atoms with Gasteiger partial charge in [0.1, 0.15) is 0 Å². The molecule has 4 heteroatoms. The molecule has 0 spiro atoms. The Balaban J connectivity index is 2.26. The molecule has 0 aromatic carbocycles. The molecule has 0 saturated carbocycles. The normalized spacial score (nSPS) is 24.0. The molecule has 1 aliphatic rings. The number of hydrazine groups is 2. The molecule has 1 N–H and O–H groups in total. The minimum Gasteiger partial charge on any atom is -0.178 e. The van der Waals surface area contributed by atoms with Crippen molar-refractivity contribution in [2.24, 2.45) is 0 Å². The molecule has 1 fully saturated rings. The second-order valence-electron chi connectivity index (χ2n) is 2.09. The van der Waals surface area contributed by atoms with Crippen molar-refractivity contribution in [1.29, 1.82) is 0 Å². The highest BCUT2D eigenvalue weighted by atomic mass is 17.0. The van der Waals surface area contributed by atoms with Crippen LogP contribution < -0.4 is 5.59 Å². The Labute approximate surface area is 48.9 Å². The maximum atomic E-state index is 4.71. The van der Waals surface area contributed by atoms with Gasteiger partial charge in [0.25, 0.3) is 0 Å². The van der Waals surface area contributed by atoms with Gasteiger partial charge < -0.3 is 0 Å². The maximum absolute atomic E-state index is 4.71. The molecule has 1 rings (SSSR count). The summed E-state index contributed by atoms with van der Waals surface area (Å²) < 4.78 is 0. The molecule has 1 saturated heterocycles. The molecule has 0 aliphatic carbocycles. The Hall–Kier alpha value is -0.160. The van der Waals surface area contributed by atoms with Gasteiger partial charge in [-0.1, -0.05) is 10.8 Å². The van der Waals surface area contributed by atoms with E-state index in [0.29, 0.717) is 6.04 Å². The number of hydroxylamine groups is 1. The lowest BCUT2D eigenvalue weighted by molar-refractivity contribution is -0.491. The summed E-state index contributed by atoms with van der Waals surface area (Å²) >= 11 is 0. The van der Waals surface area contributed by atoms with Crippen molar-refractivity contribution >= 4 is 0 Å². The summed E-state index contributed by atoms with van der Waals surface area (Å²) in [5, 5.41) is 3.52. The number of hydrogen-bond donors (Lipinski definition) is 1. The van der Waals surface area contributed by atoms with Crippen LogP contribution in [0.15, 0.2) is 0 Å². The van der Waals surface area contributed by atoms with Crippen LogP contribution in [-0.2, 0) is 4.94 Å². The van der Waals surface area contributed by atoms with Crippen molar-refractivity contribution in [3.05, 3.63) is 0 Å². The quantitative estimate of drug-likeness (QED) is 0.519. The lowest BCUT2D eigenvalue weighted by Gasteiger charge is -2.41. The largest absolute Gasteiger partial charge is 0.178 e. The van der Waals surface area contributed by atoms with E-state index in [4.69, 9.17) is 4.94 Å². The second-order valence-corrected chi connectivity index (χ2v) is 2.09. The van der Waals surface area contributed by atoms with Gasteiger partial charge in [0.2, 0.25) is 0 Å². The molecule has 0 aromatic rings. The lowest BCUT2D eigenvalue weighted by Crippen LogP contribution is -2.64. The van der Waals surface area contributed by atoms with Gasteiger partial charge >= 0.3 is 0 Å². The van der Waals surface area contributed by atoms with Gasteiger partial charge in [-0.25, -0.2) is 0 Å². The summed E-state index contributed by atoms with van der Waals surface area (Å²) in [6.45, 7) is 4.15. The van der Waals surface area contributed by atoms with Gasteiger partial charge in [0.05, 0.1) is 0 Å². The zero-order chi connectivity index (χ0) is 6.15. The standard InChI is InChI=1S/C4H11N3O/c1-4(2)7-5-8-6(7)3/h4-5H,1-3H3. The monoisotopic (exact) mass is 117 g/mol. The number of rotatable bonds is 1. The molecule has 0 unspecified atom stereocenters. The third kappa shape index (κ3) is 0.830. The fourth-order valence-corrected chi connectivity index (χ4v) is 0.600. The summed E-state index contributed by atoms with van der Waals surface area (Å²) in [5.74, 6) is 0. The van der Waals surface area contributed by atoms with Crippen LogP contribution in [0, 0.1) is 0 Å². The molecule has 0 amide bonds. The van der Waals surface area contributed by atoms with Crippen LogP contribution in [0.4, 0.5) is 0 Å². The van der Waals surface area contributed by atoms with Crippen LogP contribution in [0.2, 0.25) is 0 Å². The average molecular weight is 117 g/mol. The van der Waals surface area contributed by atoms with E-state index in [1.807, 2.05) is 12.2 Å². The number of hydrogen-bond acceptors (Lipinski definition) is 4. The molecule has 1 aliphatic heterocycles. The summed E-state index contributed by atoms with van der Waals surface area (Å²) in [4.78, 5) is 4.71. The molecule has 8 heavy (non-hydrogen) atoms. The first-order valence-electron chi connectivity index (χ1n) is 2.67. The van der Waals surface area contributed by atoms with Crippen molar-refractivity contribution in [2.75, 3.05) is 7.05 Å². The predicted octanol–water partition coefficient (Wildman–Crippen LogP) is -0.0916. The maximum Gasteiger partial charge on any atom is 0.0392 e. The fraction of sp³-hybridized carbons (Fsp3) is 1.00. The first-order valence-corrected chi connectivity index (χ1v) is 2.67. The molecule has 1 heterocycles. The smallest absolute Gasteiger partial charge is 0.0392 e. The Bertz CT molecular complexity index is 80.6. The molecule has 0 aromatic heterocycles. The highest BCUT2D eigenvalue weighted by Crippen LogP contribution is 2.05. The average Bonchev–Trinajstić information content (AvgIpc) is 1.61. The Morgan fingerprint density at radius 2 is 2.12 bits per heavy atom. The van der Waals surface area contributed by atoms with Crippen LogP contribution >= 0.6 is 0 Å². The van der Waals surface area contributed by atoms with Gasteiger partial charge in [0, 0.05) is 13.1 Å². The lowest BCUT2D eigenvalue weighted by atomic mass is 10.4. The Morgan fingerprint density at radius 1 is 1.50 bits per heavy atom. The van der Waals surface area contributed by atoms with Crippen LogP contribution in [0.1, 0.15) is 13.8 Å². The van der Waals surface area contributed by atoms with Crippen molar-refractivity contribution < 1.29 is 4.94 Å². The summed E-state index contributed by atoms with van der Waals surface area (Å²) in [6, 6.07) is 0.453. The Kier molecular flexibility index (Phi) is 1.48. The molecule has 4 nitrogen and oxygen atoms in total. The van der Waals surface area contributed by atoms with Crippen molar-refractivity contribution in [3.63, 3.8) is 0 Å². The van der Waals surface area contributed by atoms with E-state index >= 15 is 0 Å². The third-order valence-electron chi connectivity index (χ3n) is 1.06. The highest BCUT2D eigenvalue weighted by molar-refractivity contribution is 4.48. The Morgan fingerprint density at radius 3 is 2.12 bits per heavy atom. The SMILES string of the molecule is CC(C)N1NON1C. The van der Waals surface area contributed by atoms with Gasteiger partial charge in [0.15, 0.2) is 0 Å².